The molecular formula is C16H27N3O2. The predicted molar refractivity (Wildman–Crippen MR) is 80.4 cm³/mol. The van der Waals surface area contributed by atoms with Crippen molar-refractivity contribution < 1.29 is 9.90 Å². The maximum Gasteiger partial charge on any atom is 0.235 e. The highest BCUT2D eigenvalue weighted by Crippen LogP contribution is 2.29. The standard InChI is InChI=1S/C16H27N3O2/c1-19(14-6-4-13(11-20)5-7-14)10-15(21)18-16(12-17)8-2-3-9-16/h13-14,20H,2-11H2,1H3,(H,18,21). The molecule has 2 aliphatic carbocycles. The van der Waals surface area contributed by atoms with E-state index in [0.717, 1.165) is 51.4 Å². The zero-order valence-corrected chi connectivity index (χ0v) is 13.0. The van der Waals surface area contributed by atoms with E-state index in [-0.39, 0.29) is 12.5 Å². The van der Waals surface area contributed by atoms with Gasteiger partial charge in [0.25, 0.3) is 0 Å². The Balaban J connectivity index is 1.78. The van der Waals surface area contributed by atoms with Gasteiger partial charge in [0.05, 0.1) is 12.6 Å². The molecule has 0 aromatic rings. The summed E-state index contributed by atoms with van der Waals surface area (Å²) in [4.78, 5) is 14.3. The summed E-state index contributed by atoms with van der Waals surface area (Å²) in [5.41, 5.74) is -0.619. The number of nitrogens with zero attached hydrogens (tertiary/aromatic N) is 2. The van der Waals surface area contributed by atoms with Gasteiger partial charge in [-0.1, -0.05) is 0 Å². The lowest BCUT2D eigenvalue weighted by atomic mass is 9.86. The van der Waals surface area contributed by atoms with E-state index < -0.39 is 5.54 Å². The molecule has 21 heavy (non-hydrogen) atoms. The van der Waals surface area contributed by atoms with Gasteiger partial charge >= 0.3 is 0 Å². The molecule has 0 saturated heterocycles. The van der Waals surface area contributed by atoms with Gasteiger partial charge in [0.15, 0.2) is 0 Å². The first kappa shape index (κ1) is 16.3. The van der Waals surface area contributed by atoms with E-state index in [1.165, 1.54) is 0 Å². The fraction of sp³-hybridized carbons (Fsp3) is 0.875. The van der Waals surface area contributed by atoms with Crippen LogP contribution in [0, 0.1) is 17.2 Å². The molecule has 0 aromatic carbocycles. The van der Waals surface area contributed by atoms with Gasteiger partial charge in [0, 0.05) is 12.6 Å². The van der Waals surface area contributed by atoms with E-state index >= 15 is 0 Å². The fourth-order valence-corrected chi connectivity index (χ4v) is 3.67. The first-order valence-electron chi connectivity index (χ1n) is 8.12. The van der Waals surface area contributed by atoms with E-state index in [2.05, 4.69) is 16.3 Å². The molecule has 0 unspecified atom stereocenters. The van der Waals surface area contributed by atoms with Gasteiger partial charge in [-0.15, -0.1) is 0 Å². The number of carbonyl (C=O) groups excluding carboxylic acids is 1. The number of hydrogen-bond acceptors (Lipinski definition) is 4. The smallest absolute Gasteiger partial charge is 0.235 e. The third-order valence-electron chi connectivity index (χ3n) is 5.14. The number of hydrogen-bond donors (Lipinski definition) is 2. The number of aliphatic hydroxyl groups is 1. The number of aliphatic hydroxyl groups excluding tert-OH is 1. The number of carbonyl (C=O) groups is 1. The van der Waals surface area contributed by atoms with Gasteiger partial charge in [-0.2, -0.15) is 5.26 Å². The molecule has 1 amide bonds. The van der Waals surface area contributed by atoms with Crippen LogP contribution in [0.3, 0.4) is 0 Å². The van der Waals surface area contributed by atoms with Crippen LogP contribution >= 0.6 is 0 Å². The summed E-state index contributed by atoms with van der Waals surface area (Å²) in [7, 11) is 1.98. The predicted octanol–water partition coefficient (Wildman–Crippen LogP) is 1.42. The summed E-state index contributed by atoms with van der Waals surface area (Å²) >= 11 is 0. The Kier molecular flexibility index (Phi) is 5.60. The van der Waals surface area contributed by atoms with Gasteiger partial charge in [0.1, 0.15) is 5.54 Å². The lowest BCUT2D eigenvalue weighted by Crippen LogP contribution is -2.50. The summed E-state index contributed by atoms with van der Waals surface area (Å²) in [6.07, 6.45) is 7.76. The Morgan fingerprint density at radius 2 is 1.95 bits per heavy atom. The molecule has 0 aromatic heterocycles. The van der Waals surface area contributed by atoms with Crippen molar-refractivity contribution in [3.63, 3.8) is 0 Å². The van der Waals surface area contributed by atoms with Crippen LogP contribution in [-0.2, 0) is 4.79 Å². The third-order valence-corrected chi connectivity index (χ3v) is 5.14. The van der Waals surface area contributed by atoms with Crippen molar-refractivity contribution in [3.8, 4) is 6.07 Å². The molecule has 0 bridgehead atoms. The second-order valence-electron chi connectivity index (χ2n) is 6.72. The van der Waals surface area contributed by atoms with Crippen LogP contribution < -0.4 is 5.32 Å². The van der Waals surface area contributed by atoms with Crippen LogP contribution in [-0.4, -0.2) is 47.7 Å². The normalized spacial score (nSPS) is 28.3. The number of nitriles is 1. The molecule has 2 saturated carbocycles. The Morgan fingerprint density at radius 3 is 2.48 bits per heavy atom. The molecule has 2 N–H and O–H groups in total. The minimum absolute atomic E-state index is 0.0368. The van der Waals surface area contributed by atoms with Gasteiger partial charge in [-0.05, 0) is 64.3 Å². The summed E-state index contributed by atoms with van der Waals surface area (Å²) in [5, 5.41) is 21.4. The van der Waals surface area contributed by atoms with Crippen molar-refractivity contribution in [2.24, 2.45) is 5.92 Å². The highest BCUT2D eigenvalue weighted by atomic mass is 16.3. The van der Waals surface area contributed by atoms with Crippen molar-refractivity contribution in [2.45, 2.75) is 62.9 Å². The average molecular weight is 293 g/mol. The Morgan fingerprint density at radius 1 is 1.33 bits per heavy atom. The maximum absolute atomic E-state index is 12.2. The van der Waals surface area contributed by atoms with Gasteiger partial charge in [-0.3, -0.25) is 9.69 Å². The van der Waals surface area contributed by atoms with E-state index in [1.54, 1.807) is 0 Å². The lowest BCUT2D eigenvalue weighted by Gasteiger charge is -2.34. The largest absolute Gasteiger partial charge is 0.396 e. The van der Waals surface area contributed by atoms with Crippen LogP contribution in [0.5, 0.6) is 0 Å². The van der Waals surface area contributed by atoms with Crippen LogP contribution in [0.4, 0.5) is 0 Å². The Bertz CT molecular complexity index is 391. The summed E-state index contributed by atoms with van der Waals surface area (Å²) in [5.74, 6) is 0.397. The van der Waals surface area contributed by atoms with Crippen molar-refractivity contribution in [1.29, 1.82) is 5.26 Å². The number of likely N-dealkylation sites (N-methyl/N-ethyl adjacent to an activating group) is 1. The molecule has 5 nitrogen and oxygen atoms in total. The van der Waals surface area contributed by atoms with Crippen LogP contribution in [0.25, 0.3) is 0 Å². The van der Waals surface area contributed by atoms with E-state index in [9.17, 15) is 10.1 Å². The quantitative estimate of drug-likeness (QED) is 0.804. The molecule has 0 atom stereocenters. The van der Waals surface area contributed by atoms with Crippen molar-refractivity contribution >= 4 is 5.91 Å². The van der Waals surface area contributed by atoms with E-state index in [4.69, 9.17) is 5.11 Å². The molecular weight excluding hydrogens is 266 g/mol. The first-order chi connectivity index (χ1) is 10.1. The highest BCUT2D eigenvalue weighted by molar-refractivity contribution is 5.79. The molecule has 2 rings (SSSR count). The minimum Gasteiger partial charge on any atom is -0.396 e. The van der Waals surface area contributed by atoms with Gasteiger partial charge < -0.3 is 10.4 Å². The van der Waals surface area contributed by atoms with Crippen molar-refractivity contribution in [1.82, 2.24) is 10.2 Å². The molecule has 0 radical (unpaired) electrons. The molecule has 0 aliphatic heterocycles. The maximum atomic E-state index is 12.2. The summed E-state index contributed by atoms with van der Waals surface area (Å²) in [6, 6.07) is 2.71. The molecule has 0 spiro atoms. The fourth-order valence-electron chi connectivity index (χ4n) is 3.67. The number of rotatable bonds is 5. The molecule has 2 fully saturated rings. The minimum atomic E-state index is -0.619. The zero-order valence-electron chi connectivity index (χ0n) is 13.0. The lowest BCUT2D eigenvalue weighted by molar-refractivity contribution is -0.124. The van der Waals surface area contributed by atoms with Gasteiger partial charge in [-0.25, -0.2) is 0 Å². The summed E-state index contributed by atoms with van der Waals surface area (Å²) in [6.45, 7) is 0.638. The van der Waals surface area contributed by atoms with Crippen LogP contribution in [0.15, 0.2) is 0 Å². The number of nitrogens with one attached hydrogen (secondary N) is 1. The Labute approximate surface area is 127 Å². The Hall–Kier alpha value is -1.12. The second-order valence-corrected chi connectivity index (χ2v) is 6.72. The second kappa shape index (κ2) is 7.24. The first-order valence-corrected chi connectivity index (χ1v) is 8.12. The van der Waals surface area contributed by atoms with Crippen molar-refractivity contribution in [3.05, 3.63) is 0 Å². The van der Waals surface area contributed by atoms with E-state index in [0.29, 0.717) is 18.5 Å². The SMILES string of the molecule is CN(CC(=O)NC1(C#N)CCCC1)C1CCC(CO)CC1. The summed E-state index contributed by atoms with van der Waals surface area (Å²) < 4.78 is 0. The zero-order chi connectivity index (χ0) is 15.3. The van der Waals surface area contributed by atoms with Crippen LogP contribution in [0.1, 0.15) is 51.4 Å². The monoisotopic (exact) mass is 293 g/mol. The van der Waals surface area contributed by atoms with Gasteiger partial charge in [0.2, 0.25) is 5.91 Å². The third kappa shape index (κ3) is 4.18. The van der Waals surface area contributed by atoms with E-state index in [1.807, 2.05) is 7.05 Å². The average Bonchev–Trinajstić information content (AvgIpc) is 2.96. The molecule has 2 aliphatic rings. The topological polar surface area (TPSA) is 76.4 Å². The molecule has 118 valence electrons. The highest BCUT2D eigenvalue weighted by Gasteiger charge is 2.35. The van der Waals surface area contributed by atoms with Crippen LogP contribution in [0.2, 0.25) is 0 Å². The number of amides is 1. The van der Waals surface area contributed by atoms with Crippen molar-refractivity contribution in [2.75, 3.05) is 20.2 Å². The molecule has 0 heterocycles. The molecule has 5 heteroatoms.